The Hall–Kier alpha value is -1.25. The molecule has 0 amide bonds. The molecule has 0 spiro atoms. The first-order valence-electron chi connectivity index (χ1n) is 6.49. The van der Waals surface area contributed by atoms with E-state index in [0.29, 0.717) is 11.8 Å². The molecule has 0 unspecified atom stereocenters. The first kappa shape index (κ1) is 15.8. The lowest BCUT2D eigenvalue weighted by Crippen LogP contribution is -2.31. The molecule has 0 aliphatic carbocycles. The van der Waals surface area contributed by atoms with Gasteiger partial charge in [0.2, 0.25) is 0 Å². The van der Waals surface area contributed by atoms with Gasteiger partial charge in [-0.2, -0.15) is 0 Å². The van der Waals surface area contributed by atoms with Crippen LogP contribution in [0, 0.1) is 5.92 Å². The fourth-order valence-corrected chi connectivity index (χ4v) is 1.38. The molecule has 3 nitrogen and oxygen atoms in total. The number of nitrogens with one attached hydrogen (secondary N) is 1. The van der Waals surface area contributed by atoms with E-state index in [9.17, 15) is 0 Å². The first-order chi connectivity index (χ1) is 7.97. The summed E-state index contributed by atoms with van der Waals surface area (Å²) in [7, 11) is 0. The number of imidazole rings is 1. The van der Waals surface area contributed by atoms with Crippen LogP contribution >= 0.6 is 0 Å². The fraction of sp³-hybridized carbons (Fsp3) is 0.643. The SMILES string of the molecule is C/C=c1/[nH]c(C(C)C)n/c1=C(/N)C(C)C.CC. The van der Waals surface area contributed by atoms with Gasteiger partial charge in [-0.25, -0.2) is 4.98 Å². The summed E-state index contributed by atoms with van der Waals surface area (Å²) in [5, 5.41) is 1.95. The maximum atomic E-state index is 6.04. The van der Waals surface area contributed by atoms with Gasteiger partial charge in [0.25, 0.3) is 0 Å². The van der Waals surface area contributed by atoms with Crippen LogP contribution in [0.25, 0.3) is 11.8 Å². The van der Waals surface area contributed by atoms with Crippen LogP contribution in [0.4, 0.5) is 0 Å². The van der Waals surface area contributed by atoms with Crippen molar-refractivity contribution in [3.05, 3.63) is 16.5 Å². The standard InChI is InChI=1S/C12H21N3.C2H6/c1-6-9-11(10(13)7(2)3)15-12(14-9)8(4)5;1-2/h6-8H,13H2,1-5H3,(H,14,15);1-2H3/b9-6+,11-10+;. The summed E-state index contributed by atoms with van der Waals surface area (Å²) in [6, 6.07) is 0. The molecule has 0 bridgehead atoms. The second kappa shape index (κ2) is 7.15. The largest absolute Gasteiger partial charge is 0.400 e. The Labute approximate surface area is 105 Å². The van der Waals surface area contributed by atoms with Gasteiger partial charge in [-0.3, -0.25) is 0 Å². The summed E-state index contributed by atoms with van der Waals surface area (Å²) < 4.78 is 0. The minimum atomic E-state index is 0.326. The molecule has 0 aliphatic heterocycles. The van der Waals surface area contributed by atoms with Gasteiger partial charge in [0.05, 0.1) is 5.35 Å². The third-order valence-corrected chi connectivity index (χ3v) is 2.48. The molecule has 1 aromatic heterocycles. The Kier molecular flexibility index (Phi) is 6.62. The van der Waals surface area contributed by atoms with Crippen molar-refractivity contribution in [3.8, 4) is 0 Å². The van der Waals surface area contributed by atoms with Crippen molar-refractivity contribution in [2.45, 2.75) is 54.4 Å². The number of aromatic nitrogens is 2. The molecule has 0 saturated heterocycles. The van der Waals surface area contributed by atoms with E-state index in [1.807, 2.05) is 26.8 Å². The van der Waals surface area contributed by atoms with Crippen LogP contribution in [0.15, 0.2) is 0 Å². The third kappa shape index (κ3) is 3.91. The number of aromatic amines is 1. The van der Waals surface area contributed by atoms with Gasteiger partial charge in [0.1, 0.15) is 11.2 Å². The summed E-state index contributed by atoms with van der Waals surface area (Å²) in [6.07, 6.45) is 2.02. The molecule has 0 saturated carbocycles. The molecule has 0 radical (unpaired) electrons. The van der Waals surface area contributed by atoms with Crippen molar-refractivity contribution in [2.24, 2.45) is 11.7 Å². The molecular formula is C14H27N3. The van der Waals surface area contributed by atoms with Gasteiger partial charge in [-0.1, -0.05) is 47.6 Å². The molecule has 0 aliphatic rings. The second-order valence-electron chi connectivity index (χ2n) is 4.44. The molecule has 0 atom stereocenters. The highest BCUT2D eigenvalue weighted by atomic mass is 14.9. The Morgan fingerprint density at radius 3 is 2.12 bits per heavy atom. The van der Waals surface area contributed by atoms with E-state index in [2.05, 4.69) is 37.7 Å². The van der Waals surface area contributed by atoms with Crippen LogP contribution in [0.1, 0.15) is 60.2 Å². The number of nitrogens with zero attached hydrogens (tertiary/aromatic N) is 1. The summed E-state index contributed by atoms with van der Waals surface area (Å²) in [5.41, 5.74) is 6.89. The van der Waals surface area contributed by atoms with E-state index in [1.54, 1.807) is 0 Å². The Morgan fingerprint density at radius 2 is 1.76 bits per heavy atom. The molecule has 98 valence electrons. The number of H-pyrrole nitrogens is 1. The van der Waals surface area contributed by atoms with Crippen LogP contribution < -0.4 is 16.4 Å². The van der Waals surface area contributed by atoms with Crippen LogP contribution in [-0.2, 0) is 0 Å². The quantitative estimate of drug-likeness (QED) is 0.827. The van der Waals surface area contributed by atoms with Crippen molar-refractivity contribution in [1.29, 1.82) is 0 Å². The van der Waals surface area contributed by atoms with Gasteiger partial charge < -0.3 is 10.7 Å². The van der Waals surface area contributed by atoms with Gasteiger partial charge in [-0.15, -0.1) is 0 Å². The molecule has 1 rings (SSSR count). The van der Waals surface area contributed by atoms with Crippen molar-refractivity contribution >= 4 is 11.8 Å². The van der Waals surface area contributed by atoms with Crippen LogP contribution in [0.2, 0.25) is 0 Å². The zero-order valence-electron chi connectivity index (χ0n) is 12.3. The highest BCUT2D eigenvalue weighted by Crippen LogP contribution is 2.04. The molecule has 0 fully saturated rings. The monoisotopic (exact) mass is 237 g/mol. The van der Waals surface area contributed by atoms with Gasteiger partial charge in [0.15, 0.2) is 0 Å². The van der Waals surface area contributed by atoms with E-state index in [-0.39, 0.29) is 0 Å². The van der Waals surface area contributed by atoms with Crippen molar-refractivity contribution in [3.63, 3.8) is 0 Å². The molecular weight excluding hydrogens is 210 g/mol. The van der Waals surface area contributed by atoms with E-state index < -0.39 is 0 Å². The van der Waals surface area contributed by atoms with E-state index >= 15 is 0 Å². The number of hydrogen-bond acceptors (Lipinski definition) is 2. The third-order valence-electron chi connectivity index (χ3n) is 2.48. The number of rotatable bonds is 2. The molecule has 1 heterocycles. The molecule has 0 aromatic carbocycles. The highest BCUT2D eigenvalue weighted by molar-refractivity contribution is 5.41. The predicted octanol–water partition coefficient (Wildman–Crippen LogP) is 2.08. The van der Waals surface area contributed by atoms with Gasteiger partial charge >= 0.3 is 0 Å². The minimum absolute atomic E-state index is 0.326. The topological polar surface area (TPSA) is 54.7 Å². The summed E-state index contributed by atoms with van der Waals surface area (Å²) in [6.45, 7) is 14.4. The molecule has 17 heavy (non-hydrogen) atoms. The van der Waals surface area contributed by atoms with Gasteiger partial charge in [-0.05, 0) is 12.8 Å². The lowest BCUT2D eigenvalue weighted by molar-refractivity contribution is 0.786. The van der Waals surface area contributed by atoms with Crippen molar-refractivity contribution in [2.75, 3.05) is 0 Å². The fourth-order valence-electron chi connectivity index (χ4n) is 1.38. The second-order valence-corrected chi connectivity index (χ2v) is 4.44. The van der Waals surface area contributed by atoms with E-state index in [0.717, 1.165) is 22.2 Å². The van der Waals surface area contributed by atoms with Crippen molar-refractivity contribution < 1.29 is 0 Å². The zero-order valence-corrected chi connectivity index (χ0v) is 12.3. The summed E-state index contributed by atoms with van der Waals surface area (Å²) in [4.78, 5) is 7.85. The van der Waals surface area contributed by atoms with Crippen molar-refractivity contribution in [1.82, 2.24) is 9.97 Å². The predicted molar refractivity (Wildman–Crippen MR) is 75.8 cm³/mol. The lowest BCUT2D eigenvalue weighted by Gasteiger charge is -2.01. The zero-order chi connectivity index (χ0) is 13.6. The van der Waals surface area contributed by atoms with E-state index in [4.69, 9.17) is 5.73 Å². The average Bonchev–Trinajstić information content (AvgIpc) is 2.74. The maximum absolute atomic E-state index is 6.04. The average molecular weight is 237 g/mol. The van der Waals surface area contributed by atoms with E-state index in [1.165, 1.54) is 0 Å². The minimum Gasteiger partial charge on any atom is -0.400 e. The smallest absolute Gasteiger partial charge is 0.109 e. The molecule has 3 heteroatoms. The Balaban J connectivity index is 0.00000121. The number of hydrogen-bond donors (Lipinski definition) is 2. The summed E-state index contributed by atoms with van der Waals surface area (Å²) in [5.74, 6) is 1.73. The van der Waals surface area contributed by atoms with Crippen LogP contribution in [0.5, 0.6) is 0 Å². The maximum Gasteiger partial charge on any atom is 0.109 e. The van der Waals surface area contributed by atoms with Crippen LogP contribution in [-0.4, -0.2) is 9.97 Å². The number of nitrogens with two attached hydrogens (primary N) is 1. The Morgan fingerprint density at radius 1 is 1.24 bits per heavy atom. The lowest BCUT2D eigenvalue weighted by atomic mass is 10.1. The first-order valence-corrected chi connectivity index (χ1v) is 6.49. The Bertz CT molecular complexity index is 439. The molecule has 1 aromatic rings. The molecule has 3 N–H and O–H groups in total. The summed E-state index contributed by atoms with van der Waals surface area (Å²) >= 11 is 0. The normalized spacial score (nSPS) is 13.8. The highest BCUT2D eigenvalue weighted by Gasteiger charge is 2.07. The van der Waals surface area contributed by atoms with Gasteiger partial charge in [0, 0.05) is 11.6 Å². The van der Waals surface area contributed by atoms with Crippen LogP contribution in [0.3, 0.4) is 0 Å².